The van der Waals surface area contributed by atoms with Gasteiger partial charge in [0.25, 0.3) is 0 Å². The van der Waals surface area contributed by atoms with Gasteiger partial charge in [-0.3, -0.25) is 0 Å². The van der Waals surface area contributed by atoms with Crippen LogP contribution in [-0.2, 0) is 6.54 Å². The molecule has 1 unspecified atom stereocenters. The van der Waals surface area contributed by atoms with Crippen LogP contribution in [0.2, 0.25) is 0 Å². The van der Waals surface area contributed by atoms with E-state index in [4.69, 9.17) is 0 Å². The van der Waals surface area contributed by atoms with Gasteiger partial charge < -0.3 is 10.2 Å². The molecule has 0 amide bonds. The van der Waals surface area contributed by atoms with E-state index in [2.05, 4.69) is 64.6 Å². The van der Waals surface area contributed by atoms with Crippen LogP contribution in [0.3, 0.4) is 0 Å². The van der Waals surface area contributed by atoms with E-state index in [-0.39, 0.29) is 0 Å². The highest BCUT2D eigenvalue weighted by Crippen LogP contribution is 2.27. The lowest BCUT2D eigenvalue weighted by atomic mass is 10.1. The van der Waals surface area contributed by atoms with Crippen LogP contribution >= 0.6 is 27.7 Å². The molecule has 112 valence electrons. The summed E-state index contributed by atoms with van der Waals surface area (Å²) < 4.78 is 1.22. The number of hydrogen-bond acceptors (Lipinski definition) is 3. The number of nitrogens with zero attached hydrogens (tertiary/aromatic N) is 1. The Bertz CT molecular complexity index is 434. The summed E-state index contributed by atoms with van der Waals surface area (Å²) in [5.41, 5.74) is 2.65. The second-order valence-electron chi connectivity index (χ2n) is 5.56. The molecule has 0 aliphatic heterocycles. The number of halogens is 1. The molecular weight excluding hydrogens is 332 g/mol. The Kier molecular flexibility index (Phi) is 6.24. The first kappa shape index (κ1) is 16.2. The Morgan fingerprint density at radius 1 is 1.45 bits per heavy atom. The van der Waals surface area contributed by atoms with E-state index < -0.39 is 0 Å². The molecule has 1 aliphatic rings. The van der Waals surface area contributed by atoms with Crippen LogP contribution in [0.1, 0.15) is 31.7 Å². The summed E-state index contributed by atoms with van der Waals surface area (Å²) in [6, 6.07) is 8.12. The Morgan fingerprint density at radius 2 is 2.20 bits per heavy atom. The number of benzene rings is 1. The summed E-state index contributed by atoms with van der Waals surface area (Å²) in [4.78, 5) is 2.40. The van der Waals surface area contributed by atoms with Gasteiger partial charge in [-0.2, -0.15) is 11.8 Å². The maximum atomic E-state index is 3.72. The molecule has 0 spiro atoms. The van der Waals surface area contributed by atoms with Gasteiger partial charge in [-0.25, -0.2) is 0 Å². The SMILES string of the molecule is CCC(CSC)N(C)c1ccc(CNC2CC2)c(Br)c1. The van der Waals surface area contributed by atoms with E-state index in [1.54, 1.807) is 0 Å². The van der Waals surface area contributed by atoms with Gasteiger partial charge in [-0.15, -0.1) is 0 Å². The van der Waals surface area contributed by atoms with Crippen LogP contribution in [0.25, 0.3) is 0 Å². The Morgan fingerprint density at radius 3 is 2.75 bits per heavy atom. The average molecular weight is 357 g/mol. The molecule has 1 aliphatic carbocycles. The fourth-order valence-electron chi connectivity index (χ4n) is 2.35. The number of rotatable bonds is 8. The summed E-state index contributed by atoms with van der Waals surface area (Å²) in [6.07, 6.45) is 6.04. The molecule has 1 fully saturated rings. The first-order chi connectivity index (χ1) is 9.65. The highest BCUT2D eigenvalue weighted by molar-refractivity contribution is 9.10. The number of nitrogens with one attached hydrogen (secondary N) is 1. The molecule has 0 radical (unpaired) electrons. The molecule has 1 saturated carbocycles. The third-order valence-corrected chi connectivity index (χ3v) is 5.44. The monoisotopic (exact) mass is 356 g/mol. The molecule has 0 aromatic heterocycles. The van der Waals surface area contributed by atoms with Gasteiger partial charge in [-0.05, 0) is 43.2 Å². The average Bonchev–Trinajstić information content (AvgIpc) is 3.27. The van der Waals surface area contributed by atoms with Crippen molar-refractivity contribution in [2.75, 3.05) is 24.0 Å². The van der Waals surface area contributed by atoms with Crippen molar-refractivity contribution in [1.29, 1.82) is 0 Å². The standard InChI is InChI=1S/C16H25BrN2S/c1-4-14(11-20-3)19(2)15-8-5-12(16(17)9-15)10-18-13-6-7-13/h5,8-9,13-14,18H,4,6-7,10-11H2,1-3H3. The van der Waals surface area contributed by atoms with E-state index in [0.717, 1.165) is 12.6 Å². The van der Waals surface area contributed by atoms with Crippen molar-refractivity contribution in [3.8, 4) is 0 Å². The normalized spacial score (nSPS) is 16.2. The van der Waals surface area contributed by atoms with Gasteiger partial charge in [0.2, 0.25) is 0 Å². The van der Waals surface area contributed by atoms with Crippen molar-refractivity contribution in [3.05, 3.63) is 28.2 Å². The van der Waals surface area contributed by atoms with Crippen molar-refractivity contribution >= 4 is 33.4 Å². The van der Waals surface area contributed by atoms with Crippen molar-refractivity contribution in [3.63, 3.8) is 0 Å². The predicted octanol–water partition coefficient (Wildman–Crippen LogP) is 4.28. The maximum Gasteiger partial charge on any atom is 0.0377 e. The molecule has 1 atom stereocenters. The van der Waals surface area contributed by atoms with E-state index in [0.29, 0.717) is 6.04 Å². The lowest BCUT2D eigenvalue weighted by molar-refractivity contribution is 0.671. The zero-order valence-corrected chi connectivity index (χ0v) is 15.1. The highest BCUT2D eigenvalue weighted by Gasteiger charge is 2.20. The van der Waals surface area contributed by atoms with E-state index in [1.807, 2.05) is 11.8 Å². The van der Waals surface area contributed by atoms with Crippen LogP contribution in [0, 0.1) is 0 Å². The summed E-state index contributed by atoms with van der Waals surface area (Å²) >= 11 is 5.64. The van der Waals surface area contributed by atoms with Crippen LogP contribution < -0.4 is 10.2 Å². The minimum absolute atomic E-state index is 0.604. The van der Waals surface area contributed by atoms with E-state index in [9.17, 15) is 0 Å². The Hall–Kier alpha value is -0.190. The molecule has 1 aromatic rings. The molecule has 1 N–H and O–H groups in total. The third-order valence-electron chi connectivity index (χ3n) is 3.98. The van der Waals surface area contributed by atoms with Crippen molar-refractivity contribution in [2.24, 2.45) is 0 Å². The molecular formula is C16H25BrN2S. The minimum atomic E-state index is 0.604. The Balaban J connectivity index is 2.02. The van der Waals surface area contributed by atoms with Gasteiger partial charge >= 0.3 is 0 Å². The van der Waals surface area contributed by atoms with Gasteiger partial charge in [0.05, 0.1) is 0 Å². The van der Waals surface area contributed by atoms with E-state index >= 15 is 0 Å². The topological polar surface area (TPSA) is 15.3 Å². The third kappa shape index (κ3) is 4.40. The molecule has 2 nitrogen and oxygen atoms in total. The van der Waals surface area contributed by atoms with Crippen LogP contribution in [0.4, 0.5) is 5.69 Å². The largest absolute Gasteiger partial charge is 0.371 e. The van der Waals surface area contributed by atoms with E-state index in [1.165, 1.54) is 40.7 Å². The van der Waals surface area contributed by atoms with Gasteiger partial charge in [0, 0.05) is 41.6 Å². The lowest BCUT2D eigenvalue weighted by Crippen LogP contribution is -2.33. The second kappa shape index (κ2) is 7.71. The number of anilines is 1. The summed E-state index contributed by atoms with van der Waals surface area (Å²) in [5.74, 6) is 1.18. The van der Waals surface area contributed by atoms with Crippen molar-refractivity contribution in [1.82, 2.24) is 5.32 Å². The number of hydrogen-bond donors (Lipinski definition) is 1. The van der Waals surface area contributed by atoms with Crippen LogP contribution in [-0.4, -0.2) is 31.1 Å². The highest BCUT2D eigenvalue weighted by atomic mass is 79.9. The minimum Gasteiger partial charge on any atom is -0.371 e. The van der Waals surface area contributed by atoms with Crippen LogP contribution in [0.5, 0.6) is 0 Å². The first-order valence-electron chi connectivity index (χ1n) is 7.39. The molecule has 20 heavy (non-hydrogen) atoms. The molecule has 1 aromatic carbocycles. The molecule has 0 saturated heterocycles. The van der Waals surface area contributed by atoms with Gasteiger partial charge in [-0.1, -0.05) is 28.9 Å². The summed E-state index contributed by atoms with van der Waals surface area (Å²) in [5, 5.41) is 3.57. The molecule has 0 heterocycles. The molecule has 0 bridgehead atoms. The first-order valence-corrected chi connectivity index (χ1v) is 9.58. The fraction of sp³-hybridized carbons (Fsp3) is 0.625. The van der Waals surface area contributed by atoms with Crippen molar-refractivity contribution < 1.29 is 0 Å². The van der Waals surface area contributed by atoms with Gasteiger partial charge in [0.15, 0.2) is 0 Å². The fourth-order valence-corrected chi connectivity index (χ4v) is 3.70. The molecule has 4 heteroatoms. The zero-order chi connectivity index (χ0) is 14.5. The smallest absolute Gasteiger partial charge is 0.0377 e. The Labute approximate surface area is 135 Å². The van der Waals surface area contributed by atoms with Crippen molar-refractivity contribution in [2.45, 2.75) is 44.8 Å². The predicted molar refractivity (Wildman–Crippen MR) is 94.9 cm³/mol. The van der Waals surface area contributed by atoms with Gasteiger partial charge in [0.1, 0.15) is 0 Å². The number of thioether (sulfide) groups is 1. The second-order valence-corrected chi connectivity index (χ2v) is 7.32. The lowest BCUT2D eigenvalue weighted by Gasteiger charge is -2.29. The summed E-state index contributed by atoms with van der Waals surface area (Å²) in [6.45, 7) is 3.23. The molecule has 2 rings (SSSR count). The maximum absolute atomic E-state index is 3.72. The van der Waals surface area contributed by atoms with Crippen LogP contribution in [0.15, 0.2) is 22.7 Å². The quantitative estimate of drug-likeness (QED) is 0.748. The zero-order valence-electron chi connectivity index (χ0n) is 12.7. The summed E-state index contributed by atoms with van der Waals surface area (Å²) in [7, 11) is 2.20.